The Kier molecular flexibility index (Phi) is 4.32. The van der Waals surface area contributed by atoms with Gasteiger partial charge in [0.15, 0.2) is 0 Å². The minimum Gasteiger partial charge on any atom is -0.389 e. The van der Waals surface area contributed by atoms with Gasteiger partial charge in [-0.2, -0.15) is 0 Å². The zero-order valence-electron chi connectivity index (χ0n) is 11.1. The molecule has 0 saturated carbocycles. The van der Waals surface area contributed by atoms with E-state index in [1.807, 2.05) is 24.3 Å². The molecule has 0 unspecified atom stereocenters. The largest absolute Gasteiger partial charge is 0.389 e. The molecule has 2 aromatic rings. The summed E-state index contributed by atoms with van der Waals surface area (Å²) in [6, 6.07) is 14.0. The summed E-state index contributed by atoms with van der Waals surface area (Å²) >= 11 is 0. The van der Waals surface area contributed by atoms with Gasteiger partial charge in [-0.1, -0.05) is 36.4 Å². The fourth-order valence-corrected chi connectivity index (χ4v) is 1.89. The van der Waals surface area contributed by atoms with Crippen LogP contribution in [-0.4, -0.2) is 10.0 Å². The van der Waals surface area contributed by atoms with Crippen LogP contribution in [0.25, 0.3) is 0 Å². The van der Waals surface area contributed by atoms with Crippen molar-refractivity contribution in [2.45, 2.75) is 19.6 Å². The molecule has 0 aliphatic carbocycles. The van der Waals surface area contributed by atoms with Gasteiger partial charge in [0.2, 0.25) is 0 Å². The maximum Gasteiger partial charge on any atom is 0.292 e. The zero-order valence-corrected chi connectivity index (χ0v) is 11.1. The smallest absolute Gasteiger partial charge is 0.292 e. The monoisotopic (exact) mass is 272 g/mol. The van der Waals surface area contributed by atoms with Gasteiger partial charge in [-0.15, -0.1) is 0 Å². The highest BCUT2D eigenvalue weighted by atomic mass is 16.6. The molecule has 1 atom stereocenters. The van der Waals surface area contributed by atoms with Crippen molar-refractivity contribution >= 4 is 11.4 Å². The summed E-state index contributed by atoms with van der Waals surface area (Å²) in [6.07, 6.45) is -0.493. The van der Waals surface area contributed by atoms with Gasteiger partial charge in [0.05, 0.1) is 11.0 Å². The van der Waals surface area contributed by atoms with Crippen molar-refractivity contribution in [3.05, 3.63) is 69.8 Å². The van der Waals surface area contributed by atoms with Gasteiger partial charge in [-0.25, -0.2) is 0 Å². The first-order valence-corrected chi connectivity index (χ1v) is 6.32. The van der Waals surface area contributed by atoms with Gasteiger partial charge < -0.3 is 10.4 Å². The molecule has 0 radical (unpaired) electrons. The molecule has 0 fully saturated rings. The quantitative estimate of drug-likeness (QED) is 0.647. The van der Waals surface area contributed by atoms with E-state index in [-0.39, 0.29) is 5.69 Å². The average molecular weight is 272 g/mol. The summed E-state index contributed by atoms with van der Waals surface area (Å²) in [5, 5.41) is 23.4. The van der Waals surface area contributed by atoms with Gasteiger partial charge in [-0.05, 0) is 24.1 Å². The Morgan fingerprint density at radius 3 is 2.45 bits per heavy atom. The number of rotatable bonds is 5. The fraction of sp³-hybridized carbons (Fsp3) is 0.200. The molecule has 0 bridgehead atoms. The van der Waals surface area contributed by atoms with Crippen molar-refractivity contribution in [1.82, 2.24) is 0 Å². The van der Waals surface area contributed by atoms with Crippen LogP contribution in [0.5, 0.6) is 0 Å². The van der Waals surface area contributed by atoms with Crippen molar-refractivity contribution in [3.63, 3.8) is 0 Å². The summed E-state index contributed by atoms with van der Waals surface area (Å²) in [5.74, 6) is 0. The lowest BCUT2D eigenvalue weighted by Crippen LogP contribution is -2.02. The van der Waals surface area contributed by atoms with E-state index in [0.717, 1.165) is 11.1 Å². The second kappa shape index (κ2) is 6.16. The number of anilines is 1. The second-order valence-corrected chi connectivity index (χ2v) is 4.55. The number of nitro groups is 1. The molecule has 0 aromatic heterocycles. The summed E-state index contributed by atoms with van der Waals surface area (Å²) in [4.78, 5) is 10.5. The van der Waals surface area contributed by atoms with E-state index in [1.165, 1.54) is 6.07 Å². The van der Waals surface area contributed by atoms with Crippen LogP contribution in [0.15, 0.2) is 48.5 Å². The number of nitro benzene ring substituents is 1. The van der Waals surface area contributed by atoms with Gasteiger partial charge in [0.1, 0.15) is 5.69 Å². The first kappa shape index (κ1) is 14.0. The van der Waals surface area contributed by atoms with Crippen LogP contribution in [0.4, 0.5) is 11.4 Å². The number of aliphatic hydroxyl groups excluding tert-OH is 1. The summed E-state index contributed by atoms with van der Waals surface area (Å²) in [5.41, 5.74) is 2.40. The maximum atomic E-state index is 10.9. The van der Waals surface area contributed by atoms with Crippen molar-refractivity contribution in [2.75, 3.05) is 5.32 Å². The fourth-order valence-electron chi connectivity index (χ4n) is 1.89. The molecule has 0 saturated heterocycles. The van der Waals surface area contributed by atoms with Gasteiger partial charge in [0.25, 0.3) is 5.69 Å². The second-order valence-electron chi connectivity index (χ2n) is 4.55. The number of hydrogen-bond acceptors (Lipinski definition) is 4. The van der Waals surface area contributed by atoms with E-state index < -0.39 is 11.0 Å². The molecule has 0 aliphatic rings. The average Bonchev–Trinajstić information content (AvgIpc) is 2.45. The molecule has 2 N–H and O–H groups in total. The van der Waals surface area contributed by atoms with E-state index in [2.05, 4.69) is 5.32 Å². The first-order valence-electron chi connectivity index (χ1n) is 6.32. The normalized spacial score (nSPS) is 11.9. The molecule has 0 heterocycles. The first-order chi connectivity index (χ1) is 9.58. The van der Waals surface area contributed by atoms with Crippen LogP contribution in [0.1, 0.15) is 24.2 Å². The molecule has 2 rings (SSSR count). The Balaban J connectivity index is 2.07. The van der Waals surface area contributed by atoms with Gasteiger partial charge >= 0.3 is 0 Å². The Morgan fingerprint density at radius 2 is 1.85 bits per heavy atom. The molecule has 5 heteroatoms. The summed E-state index contributed by atoms with van der Waals surface area (Å²) < 4.78 is 0. The minimum absolute atomic E-state index is 0.0631. The van der Waals surface area contributed by atoms with E-state index in [1.54, 1.807) is 25.1 Å². The van der Waals surface area contributed by atoms with Crippen LogP contribution in [0, 0.1) is 10.1 Å². The zero-order chi connectivity index (χ0) is 14.5. The molecule has 20 heavy (non-hydrogen) atoms. The topological polar surface area (TPSA) is 75.4 Å². The van der Waals surface area contributed by atoms with Crippen molar-refractivity contribution in [1.29, 1.82) is 0 Å². The number of para-hydroxylation sites is 2. The maximum absolute atomic E-state index is 10.9. The number of hydrogen-bond donors (Lipinski definition) is 2. The lowest BCUT2D eigenvalue weighted by atomic mass is 10.1. The molecule has 2 aromatic carbocycles. The van der Waals surface area contributed by atoms with E-state index >= 15 is 0 Å². The third-order valence-electron chi connectivity index (χ3n) is 3.05. The lowest BCUT2D eigenvalue weighted by molar-refractivity contribution is -0.384. The van der Waals surface area contributed by atoms with Crippen LogP contribution in [-0.2, 0) is 6.54 Å². The predicted molar refractivity (Wildman–Crippen MR) is 77.5 cm³/mol. The Labute approximate surface area is 117 Å². The lowest BCUT2D eigenvalue weighted by Gasteiger charge is -2.09. The van der Waals surface area contributed by atoms with Crippen molar-refractivity contribution in [3.8, 4) is 0 Å². The summed E-state index contributed by atoms with van der Waals surface area (Å²) in [7, 11) is 0. The van der Waals surface area contributed by atoms with Crippen molar-refractivity contribution in [2.24, 2.45) is 0 Å². The highest BCUT2D eigenvalue weighted by molar-refractivity contribution is 5.61. The Hall–Kier alpha value is -2.40. The number of nitrogens with one attached hydrogen (secondary N) is 1. The van der Waals surface area contributed by atoms with Gasteiger partial charge in [0, 0.05) is 12.6 Å². The van der Waals surface area contributed by atoms with Crippen LogP contribution in [0.2, 0.25) is 0 Å². The standard InChI is InChI=1S/C15H16N2O3/c1-11(18)13-8-6-12(7-9-13)10-16-14-4-2-3-5-15(14)17(19)20/h2-9,11,16,18H,10H2,1H3/t11-/m0/s1. The predicted octanol–water partition coefficient (Wildman–Crippen LogP) is 3.26. The van der Waals surface area contributed by atoms with E-state index in [9.17, 15) is 15.2 Å². The Morgan fingerprint density at radius 1 is 1.20 bits per heavy atom. The third kappa shape index (κ3) is 3.33. The number of benzene rings is 2. The minimum atomic E-state index is -0.493. The molecule has 0 spiro atoms. The number of aliphatic hydroxyl groups is 1. The van der Waals surface area contributed by atoms with Crippen LogP contribution < -0.4 is 5.32 Å². The van der Waals surface area contributed by atoms with E-state index in [4.69, 9.17) is 0 Å². The Bertz CT molecular complexity index is 594. The highest BCUT2D eigenvalue weighted by Gasteiger charge is 2.11. The van der Waals surface area contributed by atoms with E-state index in [0.29, 0.717) is 12.2 Å². The molecular formula is C15H16N2O3. The number of nitrogens with zero attached hydrogens (tertiary/aromatic N) is 1. The molecule has 104 valence electrons. The molecular weight excluding hydrogens is 256 g/mol. The van der Waals surface area contributed by atoms with Gasteiger partial charge in [-0.3, -0.25) is 10.1 Å². The van der Waals surface area contributed by atoms with Crippen molar-refractivity contribution < 1.29 is 10.0 Å². The SMILES string of the molecule is C[C@H](O)c1ccc(CNc2ccccc2[N+](=O)[O-])cc1. The van der Waals surface area contributed by atoms with Crippen LogP contribution in [0.3, 0.4) is 0 Å². The summed E-state index contributed by atoms with van der Waals surface area (Å²) in [6.45, 7) is 2.20. The van der Waals surface area contributed by atoms with Crippen LogP contribution >= 0.6 is 0 Å². The highest BCUT2D eigenvalue weighted by Crippen LogP contribution is 2.24. The molecule has 0 amide bonds. The molecule has 0 aliphatic heterocycles. The molecule has 5 nitrogen and oxygen atoms in total. The third-order valence-corrected chi connectivity index (χ3v) is 3.05.